The molecule has 0 radical (unpaired) electrons. The number of carbonyl (C=O) groups is 2. The third-order valence-corrected chi connectivity index (χ3v) is 7.17. The summed E-state index contributed by atoms with van der Waals surface area (Å²) in [4.78, 5) is 25.4. The molecular formula is C22H24ClN3O4S. The van der Waals surface area contributed by atoms with Gasteiger partial charge in [0.15, 0.2) is 0 Å². The molecule has 0 spiro atoms. The van der Waals surface area contributed by atoms with Gasteiger partial charge >= 0.3 is 0 Å². The number of nitrogens with one attached hydrogen (secondary N) is 2. The smallest absolute Gasteiger partial charge is 0.253 e. The number of nitrogens with zero attached hydrogens (tertiary/aromatic N) is 1. The van der Waals surface area contributed by atoms with Crippen molar-refractivity contribution in [1.82, 2.24) is 9.62 Å². The molecule has 1 aliphatic rings. The quantitative estimate of drug-likeness (QED) is 0.618. The molecule has 2 amide bonds. The third kappa shape index (κ3) is 5.52. The Hall–Kier alpha value is -2.68. The minimum absolute atomic E-state index is 0.0711. The lowest BCUT2D eigenvalue weighted by atomic mass is 9.98. The largest absolute Gasteiger partial charge is 0.349 e. The van der Waals surface area contributed by atoms with E-state index in [1.54, 1.807) is 30.3 Å². The summed E-state index contributed by atoms with van der Waals surface area (Å²) < 4.78 is 27.2. The highest BCUT2D eigenvalue weighted by molar-refractivity contribution is 7.89. The lowest BCUT2D eigenvalue weighted by Crippen LogP contribution is -2.43. The average Bonchev–Trinajstić information content (AvgIpc) is 2.78. The first-order valence-corrected chi connectivity index (χ1v) is 11.7. The van der Waals surface area contributed by atoms with Crippen LogP contribution in [0.3, 0.4) is 0 Å². The standard InChI is InChI=1S/C22H24ClN3O4S/c1-2-13-24-22(28)19-7-3-4-8-20(19)25-21(27)16-6-5-14-26(15-16)31(29,30)18-11-9-17(23)10-12-18/h2-4,7-12,16H,1,5-6,13-15H2,(H,24,28)(H,25,27)/t16-/m0/s1. The van der Waals surface area contributed by atoms with Gasteiger partial charge in [0.2, 0.25) is 15.9 Å². The van der Waals surface area contributed by atoms with Crippen LogP contribution in [0.2, 0.25) is 5.02 Å². The van der Waals surface area contributed by atoms with Crippen LogP contribution >= 0.6 is 11.6 Å². The van der Waals surface area contributed by atoms with Gasteiger partial charge in [0, 0.05) is 24.7 Å². The van der Waals surface area contributed by atoms with Gasteiger partial charge in [-0.2, -0.15) is 4.31 Å². The molecule has 31 heavy (non-hydrogen) atoms. The Morgan fingerprint density at radius 3 is 2.58 bits per heavy atom. The van der Waals surface area contributed by atoms with Crippen LogP contribution in [0.5, 0.6) is 0 Å². The number of hydrogen-bond donors (Lipinski definition) is 2. The minimum Gasteiger partial charge on any atom is -0.349 e. The minimum atomic E-state index is -3.73. The van der Waals surface area contributed by atoms with Crippen molar-refractivity contribution in [3.63, 3.8) is 0 Å². The van der Waals surface area contributed by atoms with E-state index in [9.17, 15) is 18.0 Å². The van der Waals surface area contributed by atoms with Crippen LogP contribution in [0.25, 0.3) is 0 Å². The lowest BCUT2D eigenvalue weighted by Gasteiger charge is -2.31. The maximum atomic E-state index is 13.0. The molecule has 0 bridgehead atoms. The monoisotopic (exact) mass is 461 g/mol. The fourth-order valence-electron chi connectivity index (χ4n) is 3.42. The molecule has 9 heteroatoms. The highest BCUT2D eigenvalue weighted by atomic mass is 35.5. The third-order valence-electron chi connectivity index (χ3n) is 5.04. The molecule has 1 aliphatic heterocycles. The molecule has 164 valence electrons. The van der Waals surface area contributed by atoms with Crippen molar-refractivity contribution < 1.29 is 18.0 Å². The summed E-state index contributed by atoms with van der Waals surface area (Å²) >= 11 is 5.86. The molecule has 1 saturated heterocycles. The van der Waals surface area contributed by atoms with Crippen LogP contribution in [0.4, 0.5) is 5.69 Å². The summed E-state index contributed by atoms with van der Waals surface area (Å²) in [5.74, 6) is -1.17. The van der Waals surface area contributed by atoms with Crippen molar-refractivity contribution in [3.05, 3.63) is 71.8 Å². The van der Waals surface area contributed by atoms with Crippen molar-refractivity contribution >= 4 is 39.1 Å². The van der Waals surface area contributed by atoms with E-state index in [0.29, 0.717) is 42.2 Å². The summed E-state index contributed by atoms with van der Waals surface area (Å²) in [6, 6.07) is 12.7. The number of rotatable bonds is 7. The first-order chi connectivity index (χ1) is 14.8. The molecule has 1 heterocycles. The normalized spacial score (nSPS) is 17.0. The first-order valence-electron chi connectivity index (χ1n) is 9.87. The number of carbonyl (C=O) groups excluding carboxylic acids is 2. The molecule has 0 aliphatic carbocycles. The second kappa shape index (κ2) is 10.1. The fraction of sp³-hybridized carbons (Fsp3) is 0.273. The first kappa shape index (κ1) is 23.0. The summed E-state index contributed by atoms with van der Waals surface area (Å²) in [6.07, 6.45) is 2.69. The predicted molar refractivity (Wildman–Crippen MR) is 121 cm³/mol. The van der Waals surface area contributed by atoms with Gasteiger partial charge in [-0.1, -0.05) is 29.8 Å². The van der Waals surface area contributed by atoms with Crippen LogP contribution in [0.1, 0.15) is 23.2 Å². The van der Waals surface area contributed by atoms with E-state index in [1.807, 2.05) is 0 Å². The van der Waals surface area contributed by atoms with Crippen molar-refractivity contribution in [2.45, 2.75) is 17.7 Å². The van der Waals surface area contributed by atoms with E-state index >= 15 is 0 Å². The Labute approximate surface area is 187 Å². The highest BCUT2D eigenvalue weighted by Gasteiger charge is 2.33. The zero-order chi connectivity index (χ0) is 22.4. The zero-order valence-corrected chi connectivity index (χ0v) is 18.5. The number of halogens is 1. The van der Waals surface area contributed by atoms with Crippen LogP contribution in [0.15, 0.2) is 66.1 Å². The Morgan fingerprint density at radius 2 is 1.87 bits per heavy atom. The fourth-order valence-corrected chi connectivity index (χ4v) is 5.07. The summed E-state index contributed by atoms with van der Waals surface area (Å²) in [6.45, 7) is 4.29. The molecule has 3 rings (SSSR count). The predicted octanol–water partition coefficient (Wildman–Crippen LogP) is 3.30. The van der Waals surface area contributed by atoms with Crippen LogP contribution < -0.4 is 10.6 Å². The molecule has 2 N–H and O–H groups in total. The maximum Gasteiger partial charge on any atom is 0.253 e. The van der Waals surface area contributed by atoms with Gasteiger partial charge in [0.05, 0.1) is 22.1 Å². The number of benzene rings is 2. The van der Waals surface area contributed by atoms with Crippen molar-refractivity contribution in [2.24, 2.45) is 5.92 Å². The molecule has 2 aromatic rings. The highest BCUT2D eigenvalue weighted by Crippen LogP contribution is 2.26. The molecule has 1 atom stereocenters. The topological polar surface area (TPSA) is 95.6 Å². The summed E-state index contributed by atoms with van der Waals surface area (Å²) in [5.41, 5.74) is 0.714. The number of hydrogen-bond acceptors (Lipinski definition) is 4. The summed E-state index contributed by atoms with van der Waals surface area (Å²) in [7, 11) is -3.73. The number of anilines is 1. The van der Waals surface area contributed by atoms with Gasteiger partial charge in [-0.05, 0) is 49.2 Å². The Balaban J connectivity index is 1.73. The molecule has 0 aromatic heterocycles. The molecule has 0 saturated carbocycles. The van der Waals surface area contributed by atoms with E-state index in [2.05, 4.69) is 17.2 Å². The van der Waals surface area contributed by atoms with Crippen molar-refractivity contribution in [2.75, 3.05) is 25.0 Å². The zero-order valence-electron chi connectivity index (χ0n) is 16.9. The Morgan fingerprint density at radius 1 is 1.16 bits per heavy atom. The number of para-hydroxylation sites is 1. The van der Waals surface area contributed by atoms with Gasteiger partial charge in [-0.3, -0.25) is 9.59 Å². The van der Waals surface area contributed by atoms with E-state index in [1.165, 1.54) is 28.6 Å². The lowest BCUT2D eigenvalue weighted by molar-refractivity contribution is -0.120. The summed E-state index contributed by atoms with van der Waals surface area (Å²) in [5, 5.41) is 5.93. The van der Waals surface area contributed by atoms with E-state index in [-0.39, 0.29) is 23.3 Å². The number of sulfonamides is 1. The van der Waals surface area contributed by atoms with Gasteiger partial charge in [-0.15, -0.1) is 6.58 Å². The van der Waals surface area contributed by atoms with E-state index in [4.69, 9.17) is 11.6 Å². The van der Waals surface area contributed by atoms with Gasteiger partial charge in [0.25, 0.3) is 5.91 Å². The Bertz CT molecular complexity index is 1070. The second-order valence-electron chi connectivity index (χ2n) is 7.19. The Kier molecular flexibility index (Phi) is 7.48. The molecule has 2 aromatic carbocycles. The van der Waals surface area contributed by atoms with Crippen molar-refractivity contribution in [3.8, 4) is 0 Å². The molecule has 1 fully saturated rings. The van der Waals surface area contributed by atoms with Gasteiger partial charge in [-0.25, -0.2) is 8.42 Å². The molecule has 7 nitrogen and oxygen atoms in total. The van der Waals surface area contributed by atoms with E-state index < -0.39 is 15.9 Å². The van der Waals surface area contributed by atoms with Gasteiger partial charge < -0.3 is 10.6 Å². The van der Waals surface area contributed by atoms with Crippen LogP contribution in [-0.2, 0) is 14.8 Å². The molecule has 0 unspecified atom stereocenters. The van der Waals surface area contributed by atoms with Gasteiger partial charge in [0.1, 0.15) is 0 Å². The van der Waals surface area contributed by atoms with Crippen LogP contribution in [0, 0.1) is 5.92 Å². The average molecular weight is 462 g/mol. The number of amides is 2. The second-order valence-corrected chi connectivity index (χ2v) is 9.56. The SMILES string of the molecule is C=CCNC(=O)c1ccccc1NC(=O)[C@H]1CCCN(S(=O)(=O)c2ccc(Cl)cc2)C1. The van der Waals surface area contributed by atoms with Crippen LogP contribution in [-0.4, -0.2) is 44.2 Å². The maximum absolute atomic E-state index is 13.0. The molecular weight excluding hydrogens is 438 g/mol. The van der Waals surface area contributed by atoms with Crippen molar-refractivity contribution in [1.29, 1.82) is 0 Å². The number of piperidine rings is 1. The van der Waals surface area contributed by atoms with E-state index in [0.717, 1.165) is 0 Å².